The second-order valence-corrected chi connectivity index (χ2v) is 6.56. The number of hydrogen-bond donors (Lipinski definition) is 0. The smallest absolute Gasteiger partial charge is 0.348 e. The Bertz CT molecular complexity index is 369. The highest BCUT2D eigenvalue weighted by molar-refractivity contribution is 5.76. The highest BCUT2D eigenvalue weighted by Crippen LogP contribution is 2.52. The third-order valence-electron chi connectivity index (χ3n) is 5.29. The second-order valence-electron chi connectivity index (χ2n) is 6.56. The minimum absolute atomic E-state index is 0.131. The van der Waals surface area contributed by atoms with Crippen LogP contribution in [0.3, 0.4) is 0 Å². The zero-order valence-corrected chi connectivity index (χ0v) is 10.6. The van der Waals surface area contributed by atoms with Crippen LogP contribution in [0.1, 0.15) is 51.4 Å². The Morgan fingerprint density at radius 1 is 1.11 bits per heavy atom. The van der Waals surface area contributed by atoms with Crippen molar-refractivity contribution < 1.29 is 19.3 Å². The number of fused-ring (bicyclic) bond motifs is 3. The van der Waals surface area contributed by atoms with E-state index in [1.807, 2.05) is 0 Å². The van der Waals surface area contributed by atoms with Crippen LogP contribution in [0.25, 0.3) is 0 Å². The van der Waals surface area contributed by atoms with Gasteiger partial charge in [-0.05, 0) is 44.4 Å². The average Bonchev–Trinajstić information content (AvgIpc) is 3.13. The summed E-state index contributed by atoms with van der Waals surface area (Å²) in [5.74, 6) is 0.500. The van der Waals surface area contributed by atoms with Gasteiger partial charge < -0.3 is 4.74 Å². The van der Waals surface area contributed by atoms with Gasteiger partial charge in [-0.25, -0.2) is 4.79 Å². The fourth-order valence-electron chi connectivity index (χ4n) is 4.24. The summed E-state index contributed by atoms with van der Waals surface area (Å²) in [5.41, 5.74) is -0.315. The minimum atomic E-state index is -0.315. The molecule has 4 rings (SSSR count). The van der Waals surface area contributed by atoms with Crippen LogP contribution in [0.2, 0.25) is 0 Å². The molecule has 1 spiro atoms. The molecule has 5 atom stereocenters. The standard InChI is InChI=1S/C14H20O4/c15-13-14(5-4-11-12(8-14)16-11)7-9-2-1-3-10(6-9)17-18-13/h9-12H,1-8H2. The van der Waals surface area contributed by atoms with Gasteiger partial charge in [0.05, 0.1) is 17.6 Å². The summed E-state index contributed by atoms with van der Waals surface area (Å²) in [6, 6.07) is 0. The molecule has 4 heteroatoms. The zero-order chi connectivity index (χ0) is 12.2. The molecule has 2 saturated heterocycles. The van der Waals surface area contributed by atoms with E-state index in [0.717, 1.165) is 38.5 Å². The molecule has 2 aliphatic heterocycles. The lowest BCUT2D eigenvalue weighted by molar-refractivity contribution is -0.318. The number of carbonyl (C=O) groups excluding carboxylic acids is 1. The fourth-order valence-corrected chi connectivity index (χ4v) is 4.24. The largest absolute Gasteiger partial charge is 0.370 e. The maximum atomic E-state index is 12.3. The van der Waals surface area contributed by atoms with Gasteiger partial charge in [-0.1, -0.05) is 12.8 Å². The summed E-state index contributed by atoms with van der Waals surface area (Å²) in [5, 5.41) is 0. The summed E-state index contributed by atoms with van der Waals surface area (Å²) in [4.78, 5) is 22.8. The first-order valence-corrected chi connectivity index (χ1v) is 7.28. The molecule has 18 heavy (non-hydrogen) atoms. The Morgan fingerprint density at radius 2 is 2.06 bits per heavy atom. The van der Waals surface area contributed by atoms with Crippen molar-refractivity contribution in [2.75, 3.05) is 0 Å². The molecule has 5 unspecified atom stereocenters. The fraction of sp³-hybridized carbons (Fsp3) is 0.929. The van der Waals surface area contributed by atoms with Crippen molar-refractivity contribution in [1.29, 1.82) is 0 Å². The molecular weight excluding hydrogens is 232 g/mol. The highest BCUT2D eigenvalue weighted by Gasteiger charge is 2.56. The predicted molar refractivity (Wildman–Crippen MR) is 62.5 cm³/mol. The molecule has 2 bridgehead atoms. The van der Waals surface area contributed by atoms with Gasteiger partial charge in [0.25, 0.3) is 0 Å². The van der Waals surface area contributed by atoms with E-state index in [1.165, 1.54) is 12.8 Å². The number of hydrogen-bond acceptors (Lipinski definition) is 4. The molecule has 0 N–H and O–H groups in total. The molecule has 0 aromatic heterocycles. The van der Waals surface area contributed by atoms with Crippen molar-refractivity contribution in [2.45, 2.75) is 69.7 Å². The lowest BCUT2D eigenvalue weighted by atomic mass is 9.66. The number of ether oxygens (including phenoxy) is 1. The van der Waals surface area contributed by atoms with Gasteiger partial charge in [0, 0.05) is 0 Å². The van der Waals surface area contributed by atoms with E-state index >= 15 is 0 Å². The summed E-state index contributed by atoms with van der Waals surface area (Å²) in [6.45, 7) is 0. The van der Waals surface area contributed by atoms with Gasteiger partial charge >= 0.3 is 5.97 Å². The third kappa shape index (κ3) is 1.77. The molecule has 0 aromatic rings. The van der Waals surface area contributed by atoms with E-state index < -0.39 is 0 Å². The van der Waals surface area contributed by atoms with Gasteiger partial charge in [0.15, 0.2) is 0 Å². The molecule has 2 heterocycles. The van der Waals surface area contributed by atoms with E-state index in [-0.39, 0.29) is 17.5 Å². The first kappa shape index (κ1) is 11.2. The van der Waals surface area contributed by atoms with E-state index in [2.05, 4.69) is 0 Å². The van der Waals surface area contributed by atoms with Gasteiger partial charge in [-0.15, -0.1) is 0 Å². The Labute approximate surface area is 107 Å². The van der Waals surface area contributed by atoms with Gasteiger partial charge in [-0.3, -0.25) is 4.89 Å². The normalized spacial score (nSPS) is 51.0. The summed E-state index contributed by atoms with van der Waals surface area (Å²) in [7, 11) is 0. The quantitative estimate of drug-likeness (QED) is 0.490. The van der Waals surface area contributed by atoms with Crippen LogP contribution in [0.15, 0.2) is 0 Å². The number of rotatable bonds is 0. The molecule has 0 aromatic carbocycles. The van der Waals surface area contributed by atoms with Crippen molar-refractivity contribution in [3.63, 3.8) is 0 Å². The maximum absolute atomic E-state index is 12.3. The van der Waals surface area contributed by atoms with E-state index in [0.29, 0.717) is 18.1 Å². The van der Waals surface area contributed by atoms with Crippen LogP contribution >= 0.6 is 0 Å². The predicted octanol–water partition coefficient (Wildman–Crippen LogP) is 2.36. The van der Waals surface area contributed by atoms with Crippen LogP contribution in [-0.4, -0.2) is 24.3 Å². The Hall–Kier alpha value is -0.610. The second kappa shape index (κ2) is 3.94. The Kier molecular flexibility index (Phi) is 2.46. The third-order valence-corrected chi connectivity index (χ3v) is 5.29. The molecule has 2 saturated carbocycles. The molecule has 4 aliphatic rings. The van der Waals surface area contributed by atoms with Crippen LogP contribution in [0.5, 0.6) is 0 Å². The van der Waals surface area contributed by atoms with Crippen molar-refractivity contribution in [3.05, 3.63) is 0 Å². The van der Waals surface area contributed by atoms with E-state index in [1.54, 1.807) is 0 Å². The van der Waals surface area contributed by atoms with Crippen molar-refractivity contribution in [3.8, 4) is 0 Å². The van der Waals surface area contributed by atoms with Crippen LogP contribution in [0.4, 0.5) is 0 Å². The van der Waals surface area contributed by atoms with E-state index in [9.17, 15) is 4.79 Å². The Balaban J connectivity index is 1.58. The van der Waals surface area contributed by atoms with Crippen LogP contribution < -0.4 is 0 Å². The molecule has 100 valence electrons. The van der Waals surface area contributed by atoms with Crippen molar-refractivity contribution >= 4 is 5.97 Å². The zero-order valence-electron chi connectivity index (χ0n) is 10.6. The summed E-state index contributed by atoms with van der Waals surface area (Å²) in [6.07, 6.45) is 9.16. The first-order chi connectivity index (χ1) is 8.75. The molecule has 0 radical (unpaired) electrons. The molecule has 4 fully saturated rings. The topological polar surface area (TPSA) is 48.1 Å². The lowest BCUT2D eigenvalue weighted by Gasteiger charge is -2.40. The molecule has 2 aliphatic carbocycles. The lowest BCUT2D eigenvalue weighted by Crippen LogP contribution is -2.43. The highest BCUT2D eigenvalue weighted by atomic mass is 17.2. The first-order valence-electron chi connectivity index (χ1n) is 7.28. The maximum Gasteiger partial charge on any atom is 0.348 e. The van der Waals surface area contributed by atoms with Crippen molar-refractivity contribution in [2.24, 2.45) is 11.3 Å². The van der Waals surface area contributed by atoms with E-state index in [4.69, 9.17) is 14.5 Å². The molecular formula is C14H20O4. The SMILES string of the molecule is O=C1OOC2CCCC(C2)CC12CCC1OC1C2. The van der Waals surface area contributed by atoms with Crippen molar-refractivity contribution in [1.82, 2.24) is 0 Å². The van der Waals surface area contributed by atoms with Crippen LogP contribution in [-0.2, 0) is 19.3 Å². The monoisotopic (exact) mass is 252 g/mol. The van der Waals surface area contributed by atoms with Crippen LogP contribution in [0, 0.1) is 11.3 Å². The molecule has 0 amide bonds. The van der Waals surface area contributed by atoms with Gasteiger partial charge in [0.1, 0.15) is 6.10 Å². The summed E-state index contributed by atoms with van der Waals surface area (Å²) < 4.78 is 5.58. The summed E-state index contributed by atoms with van der Waals surface area (Å²) >= 11 is 0. The number of epoxide rings is 1. The minimum Gasteiger partial charge on any atom is -0.370 e. The number of carbonyl (C=O) groups is 1. The average molecular weight is 252 g/mol. The van der Waals surface area contributed by atoms with Gasteiger partial charge in [-0.2, -0.15) is 4.89 Å². The van der Waals surface area contributed by atoms with Gasteiger partial charge in [0.2, 0.25) is 0 Å². The Morgan fingerprint density at radius 3 is 2.94 bits per heavy atom. The molecule has 4 nitrogen and oxygen atoms in total.